The predicted octanol–water partition coefficient (Wildman–Crippen LogP) is 4.14. The Morgan fingerprint density at radius 1 is 0.941 bits per heavy atom. The van der Waals surface area contributed by atoms with Gasteiger partial charge in [-0.15, -0.1) is 0 Å². The topological polar surface area (TPSA) is 18.5 Å². The van der Waals surface area contributed by atoms with Gasteiger partial charge >= 0.3 is 0 Å². The van der Waals surface area contributed by atoms with E-state index in [1.54, 1.807) is 7.11 Å². The van der Waals surface area contributed by atoms with Crippen LogP contribution in [0.5, 0.6) is 0 Å². The zero-order valence-corrected chi connectivity index (χ0v) is 12.7. The third-order valence-electron chi connectivity index (χ3n) is 3.70. The Labute approximate surface area is 108 Å². The molecule has 0 radical (unpaired) electrons. The second-order valence-corrected chi connectivity index (χ2v) is 5.54. The second kappa shape index (κ2) is 9.90. The standard InChI is InChI=1S/C15H32O2/c1-7-13(8-2)10-14(11-16-5)15(17-6)9-12(3)4/h12-15H,7-11H2,1-6H3. The SMILES string of the molecule is CCC(CC)CC(COC)C(CC(C)C)OC. The Morgan fingerprint density at radius 3 is 1.88 bits per heavy atom. The van der Waals surface area contributed by atoms with Crippen molar-refractivity contribution in [2.45, 2.75) is 59.5 Å². The van der Waals surface area contributed by atoms with Gasteiger partial charge in [-0.1, -0.05) is 40.5 Å². The first-order valence-electron chi connectivity index (χ1n) is 7.10. The fraction of sp³-hybridized carbons (Fsp3) is 1.00. The minimum atomic E-state index is 0.343. The molecular weight excluding hydrogens is 212 g/mol. The Morgan fingerprint density at radius 2 is 1.53 bits per heavy atom. The predicted molar refractivity (Wildman–Crippen MR) is 74.3 cm³/mol. The molecule has 104 valence electrons. The van der Waals surface area contributed by atoms with Crippen molar-refractivity contribution in [3.8, 4) is 0 Å². The average Bonchev–Trinajstić information content (AvgIpc) is 2.31. The lowest BCUT2D eigenvalue weighted by molar-refractivity contribution is -0.00736. The van der Waals surface area contributed by atoms with E-state index in [2.05, 4.69) is 27.7 Å². The van der Waals surface area contributed by atoms with Crippen LogP contribution in [0.3, 0.4) is 0 Å². The van der Waals surface area contributed by atoms with Crippen LogP contribution < -0.4 is 0 Å². The first kappa shape index (κ1) is 16.9. The highest BCUT2D eigenvalue weighted by molar-refractivity contribution is 4.74. The molecule has 0 amide bonds. The van der Waals surface area contributed by atoms with Crippen LogP contribution in [0.25, 0.3) is 0 Å². The van der Waals surface area contributed by atoms with E-state index in [1.165, 1.54) is 19.3 Å². The zero-order valence-electron chi connectivity index (χ0n) is 12.7. The van der Waals surface area contributed by atoms with Gasteiger partial charge < -0.3 is 9.47 Å². The molecule has 0 aliphatic heterocycles. The maximum Gasteiger partial charge on any atom is 0.0624 e. The summed E-state index contributed by atoms with van der Waals surface area (Å²) in [6.45, 7) is 9.90. The summed E-state index contributed by atoms with van der Waals surface area (Å²) in [5, 5.41) is 0. The normalized spacial score (nSPS) is 15.5. The third-order valence-corrected chi connectivity index (χ3v) is 3.70. The van der Waals surface area contributed by atoms with Crippen molar-refractivity contribution in [2.75, 3.05) is 20.8 Å². The summed E-state index contributed by atoms with van der Waals surface area (Å²) in [6, 6.07) is 0. The second-order valence-electron chi connectivity index (χ2n) is 5.54. The third kappa shape index (κ3) is 7.05. The maximum absolute atomic E-state index is 5.69. The van der Waals surface area contributed by atoms with Crippen LogP contribution in [0.15, 0.2) is 0 Å². The molecule has 0 aliphatic carbocycles. The van der Waals surface area contributed by atoms with Crippen LogP contribution in [0.2, 0.25) is 0 Å². The molecule has 0 N–H and O–H groups in total. The van der Waals surface area contributed by atoms with Gasteiger partial charge in [-0.3, -0.25) is 0 Å². The smallest absolute Gasteiger partial charge is 0.0624 e. The van der Waals surface area contributed by atoms with E-state index in [0.29, 0.717) is 17.9 Å². The molecule has 0 aromatic heterocycles. The summed E-state index contributed by atoms with van der Waals surface area (Å²) in [4.78, 5) is 0. The molecule has 2 unspecified atom stereocenters. The minimum Gasteiger partial charge on any atom is -0.384 e. The van der Waals surface area contributed by atoms with Crippen LogP contribution in [-0.2, 0) is 9.47 Å². The van der Waals surface area contributed by atoms with Gasteiger partial charge in [-0.2, -0.15) is 0 Å². The van der Waals surface area contributed by atoms with Crippen molar-refractivity contribution in [2.24, 2.45) is 17.8 Å². The largest absolute Gasteiger partial charge is 0.384 e. The number of hydrogen-bond acceptors (Lipinski definition) is 2. The summed E-state index contributed by atoms with van der Waals surface area (Å²) in [7, 11) is 3.63. The molecule has 0 heterocycles. The summed E-state index contributed by atoms with van der Waals surface area (Å²) in [5.74, 6) is 2.03. The van der Waals surface area contributed by atoms with Gasteiger partial charge in [0.2, 0.25) is 0 Å². The highest BCUT2D eigenvalue weighted by atomic mass is 16.5. The van der Waals surface area contributed by atoms with E-state index in [-0.39, 0.29) is 0 Å². The highest BCUT2D eigenvalue weighted by Gasteiger charge is 2.24. The quantitative estimate of drug-likeness (QED) is 0.575. The van der Waals surface area contributed by atoms with E-state index in [0.717, 1.165) is 18.9 Å². The molecule has 0 bridgehead atoms. The molecule has 0 rings (SSSR count). The Balaban J connectivity index is 4.44. The van der Waals surface area contributed by atoms with Crippen LogP contribution in [0, 0.1) is 17.8 Å². The molecule has 0 aromatic rings. The van der Waals surface area contributed by atoms with Gasteiger partial charge in [-0.05, 0) is 24.7 Å². The fourth-order valence-electron chi connectivity index (χ4n) is 2.54. The molecule has 0 aromatic carbocycles. The summed E-state index contributed by atoms with van der Waals surface area (Å²) in [5.41, 5.74) is 0. The molecule has 0 aliphatic rings. The van der Waals surface area contributed by atoms with Gasteiger partial charge in [0.15, 0.2) is 0 Å². The van der Waals surface area contributed by atoms with E-state index in [4.69, 9.17) is 9.47 Å². The van der Waals surface area contributed by atoms with Crippen LogP contribution in [0.1, 0.15) is 53.4 Å². The molecule has 2 heteroatoms. The van der Waals surface area contributed by atoms with Crippen molar-refractivity contribution >= 4 is 0 Å². The van der Waals surface area contributed by atoms with Crippen molar-refractivity contribution < 1.29 is 9.47 Å². The molecule has 0 fully saturated rings. The number of rotatable bonds is 10. The van der Waals surface area contributed by atoms with Crippen molar-refractivity contribution in [1.82, 2.24) is 0 Å². The van der Waals surface area contributed by atoms with Gasteiger partial charge in [0.05, 0.1) is 12.7 Å². The Bertz CT molecular complexity index is 164. The van der Waals surface area contributed by atoms with E-state index < -0.39 is 0 Å². The number of hydrogen-bond donors (Lipinski definition) is 0. The molecule has 2 nitrogen and oxygen atoms in total. The molecule has 17 heavy (non-hydrogen) atoms. The van der Waals surface area contributed by atoms with Crippen LogP contribution in [-0.4, -0.2) is 26.9 Å². The van der Waals surface area contributed by atoms with Crippen molar-refractivity contribution in [3.05, 3.63) is 0 Å². The van der Waals surface area contributed by atoms with Crippen molar-refractivity contribution in [3.63, 3.8) is 0 Å². The monoisotopic (exact) mass is 244 g/mol. The van der Waals surface area contributed by atoms with Gasteiger partial charge in [0.1, 0.15) is 0 Å². The van der Waals surface area contributed by atoms with E-state index in [1.807, 2.05) is 7.11 Å². The lowest BCUT2D eigenvalue weighted by Crippen LogP contribution is -2.30. The summed E-state index contributed by atoms with van der Waals surface area (Å²) < 4.78 is 11.1. The summed E-state index contributed by atoms with van der Waals surface area (Å²) in [6.07, 6.45) is 5.22. The molecule has 0 spiro atoms. The van der Waals surface area contributed by atoms with Crippen LogP contribution >= 0.6 is 0 Å². The lowest BCUT2D eigenvalue weighted by Gasteiger charge is -2.29. The number of methoxy groups -OCH3 is 2. The average molecular weight is 244 g/mol. The van der Waals surface area contributed by atoms with E-state index >= 15 is 0 Å². The first-order chi connectivity index (χ1) is 8.08. The van der Waals surface area contributed by atoms with Gasteiger partial charge in [-0.25, -0.2) is 0 Å². The number of ether oxygens (including phenoxy) is 2. The zero-order chi connectivity index (χ0) is 13.3. The Hall–Kier alpha value is -0.0800. The summed E-state index contributed by atoms with van der Waals surface area (Å²) >= 11 is 0. The molecule has 0 saturated heterocycles. The van der Waals surface area contributed by atoms with Gasteiger partial charge in [0, 0.05) is 20.1 Å². The van der Waals surface area contributed by atoms with Crippen LogP contribution in [0.4, 0.5) is 0 Å². The lowest BCUT2D eigenvalue weighted by atomic mass is 9.85. The molecule has 0 saturated carbocycles. The molecule has 2 atom stereocenters. The van der Waals surface area contributed by atoms with Gasteiger partial charge in [0.25, 0.3) is 0 Å². The van der Waals surface area contributed by atoms with Crippen molar-refractivity contribution in [1.29, 1.82) is 0 Å². The fourth-order valence-corrected chi connectivity index (χ4v) is 2.54. The first-order valence-corrected chi connectivity index (χ1v) is 7.10. The van der Waals surface area contributed by atoms with E-state index in [9.17, 15) is 0 Å². The maximum atomic E-state index is 5.69. The highest BCUT2D eigenvalue weighted by Crippen LogP contribution is 2.26. The molecular formula is C15H32O2. The minimum absolute atomic E-state index is 0.343. The Kier molecular flexibility index (Phi) is 9.85.